The molecule has 0 aromatic heterocycles. The summed E-state index contributed by atoms with van der Waals surface area (Å²) in [7, 11) is -3.24. The predicted molar refractivity (Wildman–Crippen MR) is 79.9 cm³/mol. The van der Waals surface area contributed by atoms with Gasteiger partial charge in [-0.3, -0.25) is 9.69 Å². The zero-order valence-electron chi connectivity index (χ0n) is 12.3. The third-order valence-corrected chi connectivity index (χ3v) is 5.47. The average molecular weight is 311 g/mol. The number of sulfone groups is 1. The molecule has 1 aliphatic rings. The average Bonchev–Trinajstić information content (AvgIpc) is 2.37. The summed E-state index contributed by atoms with van der Waals surface area (Å²) in [4.78, 5) is 13.3. The van der Waals surface area contributed by atoms with Crippen molar-refractivity contribution in [2.45, 2.75) is 31.2 Å². The van der Waals surface area contributed by atoms with E-state index in [9.17, 15) is 13.2 Å². The SMILES string of the molecule is CC(C)CN(CC(=O)O)C1CCS(=O)(=O)c2ccccc21. The van der Waals surface area contributed by atoms with Gasteiger partial charge in [-0.25, -0.2) is 8.42 Å². The summed E-state index contributed by atoms with van der Waals surface area (Å²) < 4.78 is 24.3. The summed E-state index contributed by atoms with van der Waals surface area (Å²) in [6.07, 6.45) is 0.444. The van der Waals surface area contributed by atoms with Gasteiger partial charge in [0.15, 0.2) is 9.84 Å². The molecule has 0 fully saturated rings. The Morgan fingerprint density at radius 3 is 2.67 bits per heavy atom. The molecule has 0 saturated heterocycles. The van der Waals surface area contributed by atoms with Gasteiger partial charge < -0.3 is 5.11 Å². The Morgan fingerprint density at radius 2 is 2.05 bits per heavy atom. The van der Waals surface area contributed by atoms with E-state index >= 15 is 0 Å². The number of rotatable bonds is 5. The Labute approximate surface area is 125 Å². The van der Waals surface area contributed by atoms with Gasteiger partial charge in [0.1, 0.15) is 0 Å². The highest BCUT2D eigenvalue weighted by Gasteiger charge is 2.34. The normalized spacial score (nSPS) is 20.5. The van der Waals surface area contributed by atoms with Gasteiger partial charge in [-0.2, -0.15) is 0 Å². The molecule has 0 aliphatic carbocycles. The van der Waals surface area contributed by atoms with Crippen LogP contribution in [0.1, 0.15) is 31.9 Å². The molecule has 6 heteroatoms. The molecule has 1 aliphatic heterocycles. The van der Waals surface area contributed by atoms with Crippen molar-refractivity contribution in [2.75, 3.05) is 18.8 Å². The third-order valence-electron chi connectivity index (χ3n) is 3.65. The lowest BCUT2D eigenvalue weighted by Gasteiger charge is -2.35. The minimum Gasteiger partial charge on any atom is -0.480 e. The van der Waals surface area contributed by atoms with E-state index in [1.54, 1.807) is 24.3 Å². The highest BCUT2D eigenvalue weighted by Crippen LogP contribution is 2.36. The highest BCUT2D eigenvalue weighted by atomic mass is 32.2. The van der Waals surface area contributed by atoms with Crippen LogP contribution in [0.4, 0.5) is 0 Å². The van der Waals surface area contributed by atoms with Crippen molar-refractivity contribution in [1.82, 2.24) is 4.90 Å². The monoisotopic (exact) mass is 311 g/mol. The van der Waals surface area contributed by atoms with Gasteiger partial charge in [-0.1, -0.05) is 32.0 Å². The van der Waals surface area contributed by atoms with Crippen LogP contribution in [0.3, 0.4) is 0 Å². The Balaban J connectivity index is 2.40. The summed E-state index contributed by atoms with van der Waals surface area (Å²) in [6, 6.07) is 6.78. The second-order valence-corrected chi connectivity index (χ2v) is 7.96. The van der Waals surface area contributed by atoms with Crippen molar-refractivity contribution in [1.29, 1.82) is 0 Å². The van der Waals surface area contributed by atoms with Gasteiger partial charge in [0.2, 0.25) is 0 Å². The zero-order valence-corrected chi connectivity index (χ0v) is 13.1. The fourth-order valence-corrected chi connectivity index (χ4v) is 4.50. The van der Waals surface area contributed by atoms with Crippen LogP contribution in [0.15, 0.2) is 29.2 Å². The van der Waals surface area contributed by atoms with Gasteiger partial charge in [-0.05, 0) is 24.0 Å². The molecular formula is C15H21NO4S. The zero-order chi connectivity index (χ0) is 15.6. The maximum atomic E-state index is 12.2. The van der Waals surface area contributed by atoms with E-state index in [1.165, 1.54) is 0 Å². The van der Waals surface area contributed by atoms with Gasteiger partial charge in [0.25, 0.3) is 0 Å². The molecule has 1 unspecified atom stereocenters. The van der Waals surface area contributed by atoms with E-state index in [0.29, 0.717) is 23.8 Å². The molecule has 0 amide bonds. The molecular weight excluding hydrogens is 290 g/mol. The van der Waals surface area contributed by atoms with Crippen LogP contribution in [0.2, 0.25) is 0 Å². The Kier molecular flexibility index (Phi) is 4.68. The summed E-state index contributed by atoms with van der Waals surface area (Å²) in [5, 5.41) is 9.12. The highest BCUT2D eigenvalue weighted by molar-refractivity contribution is 7.91. The molecule has 0 spiro atoms. The van der Waals surface area contributed by atoms with E-state index in [1.807, 2.05) is 18.7 Å². The van der Waals surface area contributed by atoms with Gasteiger partial charge in [0.05, 0.1) is 17.2 Å². The number of carboxylic acid groups (broad SMARTS) is 1. The molecule has 2 rings (SSSR count). The molecule has 1 heterocycles. The van der Waals surface area contributed by atoms with Gasteiger partial charge >= 0.3 is 5.97 Å². The predicted octanol–water partition coefficient (Wildman–Crippen LogP) is 1.95. The van der Waals surface area contributed by atoms with E-state index in [2.05, 4.69) is 0 Å². The van der Waals surface area contributed by atoms with Crippen LogP contribution < -0.4 is 0 Å². The second kappa shape index (κ2) is 6.15. The number of carboxylic acids is 1. The van der Waals surface area contributed by atoms with Gasteiger partial charge in [-0.15, -0.1) is 0 Å². The smallest absolute Gasteiger partial charge is 0.317 e. The second-order valence-electron chi connectivity index (χ2n) is 5.88. The van der Waals surface area contributed by atoms with Crippen LogP contribution in [0.5, 0.6) is 0 Å². The quantitative estimate of drug-likeness (QED) is 0.899. The van der Waals surface area contributed by atoms with Crippen LogP contribution >= 0.6 is 0 Å². The summed E-state index contributed by atoms with van der Waals surface area (Å²) in [5.41, 5.74) is 0.727. The lowest BCUT2D eigenvalue weighted by molar-refractivity contribution is -0.139. The van der Waals surface area contributed by atoms with Crippen molar-refractivity contribution in [3.05, 3.63) is 29.8 Å². The van der Waals surface area contributed by atoms with Crippen molar-refractivity contribution in [3.8, 4) is 0 Å². The first-order valence-corrected chi connectivity index (χ1v) is 8.74. The van der Waals surface area contributed by atoms with E-state index in [0.717, 1.165) is 5.56 Å². The van der Waals surface area contributed by atoms with Crippen LogP contribution in [0, 0.1) is 5.92 Å². The molecule has 1 atom stereocenters. The fraction of sp³-hybridized carbons (Fsp3) is 0.533. The maximum absolute atomic E-state index is 12.2. The van der Waals surface area contributed by atoms with Crippen molar-refractivity contribution in [2.24, 2.45) is 5.92 Å². The molecule has 0 saturated carbocycles. The molecule has 116 valence electrons. The Morgan fingerprint density at radius 1 is 1.38 bits per heavy atom. The molecule has 1 N–H and O–H groups in total. The first kappa shape index (κ1) is 16.0. The lowest BCUT2D eigenvalue weighted by atomic mass is 10.0. The first-order valence-electron chi connectivity index (χ1n) is 7.09. The number of carbonyl (C=O) groups is 1. The topological polar surface area (TPSA) is 74.7 Å². The summed E-state index contributed by atoms with van der Waals surface area (Å²) >= 11 is 0. The van der Waals surface area contributed by atoms with E-state index in [-0.39, 0.29) is 18.3 Å². The summed E-state index contributed by atoms with van der Waals surface area (Å²) in [6.45, 7) is 4.61. The van der Waals surface area contributed by atoms with Crippen LogP contribution in [-0.4, -0.2) is 43.2 Å². The molecule has 1 aromatic carbocycles. The third kappa shape index (κ3) is 3.63. The van der Waals surface area contributed by atoms with Crippen molar-refractivity contribution < 1.29 is 18.3 Å². The molecule has 0 bridgehead atoms. The maximum Gasteiger partial charge on any atom is 0.317 e. The first-order chi connectivity index (χ1) is 9.81. The minimum absolute atomic E-state index is 0.0722. The molecule has 21 heavy (non-hydrogen) atoms. The fourth-order valence-electron chi connectivity index (χ4n) is 2.90. The van der Waals surface area contributed by atoms with Crippen molar-refractivity contribution >= 4 is 15.8 Å². The molecule has 0 radical (unpaired) electrons. The number of hydrogen-bond donors (Lipinski definition) is 1. The minimum atomic E-state index is -3.24. The molecule has 1 aromatic rings. The van der Waals surface area contributed by atoms with Gasteiger partial charge in [0, 0.05) is 12.6 Å². The Hall–Kier alpha value is -1.40. The Bertz CT molecular complexity index is 624. The lowest BCUT2D eigenvalue weighted by Crippen LogP contribution is -2.39. The van der Waals surface area contributed by atoms with E-state index < -0.39 is 15.8 Å². The number of hydrogen-bond acceptors (Lipinski definition) is 4. The molecule has 5 nitrogen and oxygen atoms in total. The summed E-state index contributed by atoms with van der Waals surface area (Å²) in [5.74, 6) is -0.500. The number of nitrogens with zero attached hydrogens (tertiary/aromatic N) is 1. The van der Waals surface area contributed by atoms with Crippen LogP contribution in [-0.2, 0) is 14.6 Å². The van der Waals surface area contributed by atoms with Crippen molar-refractivity contribution in [3.63, 3.8) is 0 Å². The number of benzene rings is 1. The van der Waals surface area contributed by atoms with Crippen LogP contribution in [0.25, 0.3) is 0 Å². The largest absolute Gasteiger partial charge is 0.480 e. The number of aliphatic carboxylic acids is 1. The standard InChI is InChI=1S/C15H21NO4S/c1-11(2)9-16(10-15(17)18)13-7-8-21(19,20)14-6-4-3-5-12(13)14/h3-6,11,13H,7-10H2,1-2H3,(H,17,18). The van der Waals surface area contributed by atoms with E-state index in [4.69, 9.17) is 5.11 Å². The number of fused-ring (bicyclic) bond motifs is 1.